The van der Waals surface area contributed by atoms with E-state index in [-0.39, 0.29) is 21.2 Å². The number of hydrogen-bond donors (Lipinski definition) is 2. The van der Waals surface area contributed by atoms with Crippen molar-refractivity contribution in [1.29, 1.82) is 0 Å². The second-order valence-electron chi connectivity index (χ2n) is 6.21. The minimum atomic E-state index is -4.12. The Balaban J connectivity index is 2.07. The van der Waals surface area contributed by atoms with Crippen LogP contribution in [-0.2, 0) is 16.4 Å². The molecule has 0 spiro atoms. The summed E-state index contributed by atoms with van der Waals surface area (Å²) in [7, 11) is -2.62. The van der Waals surface area contributed by atoms with Crippen LogP contribution in [0.3, 0.4) is 0 Å². The zero-order valence-corrected chi connectivity index (χ0v) is 17.0. The maximum absolute atomic E-state index is 13.1. The molecule has 0 bridgehead atoms. The summed E-state index contributed by atoms with van der Waals surface area (Å²) < 4.78 is 33.8. The van der Waals surface area contributed by atoms with Crippen LogP contribution in [0.15, 0.2) is 71.6 Å². The zero-order valence-electron chi connectivity index (χ0n) is 15.4. The summed E-state index contributed by atoms with van der Waals surface area (Å²) in [6.45, 7) is 0. The lowest BCUT2D eigenvalue weighted by molar-refractivity contribution is 0.0698. The first-order valence-electron chi connectivity index (χ1n) is 8.57. The number of aromatic carboxylic acids is 1. The average molecular weight is 432 g/mol. The Kier molecular flexibility index (Phi) is 6.10. The van der Waals surface area contributed by atoms with E-state index in [9.17, 15) is 18.3 Å². The fourth-order valence-electron chi connectivity index (χ4n) is 2.89. The number of carboxylic acids is 1. The maximum Gasteiger partial charge on any atom is 0.337 e. The van der Waals surface area contributed by atoms with Crippen LogP contribution >= 0.6 is 11.6 Å². The minimum Gasteiger partial charge on any atom is -0.497 e. The smallest absolute Gasteiger partial charge is 0.337 e. The number of halogens is 1. The van der Waals surface area contributed by atoms with Gasteiger partial charge < -0.3 is 9.84 Å². The van der Waals surface area contributed by atoms with Crippen molar-refractivity contribution >= 4 is 33.3 Å². The van der Waals surface area contributed by atoms with Crippen LogP contribution in [0.2, 0.25) is 5.02 Å². The van der Waals surface area contributed by atoms with Gasteiger partial charge in [-0.25, -0.2) is 13.2 Å². The SMILES string of the molecule is COc1ccc(S(=O)(=O)Nc2c(Cl)cccc2C(=O)O)c(Cc2ccccc2)c1. The van der Waals surface area contributed by atoms with Crippen LogP contribution in [0, 0.1) is 0 Å². The second kappa shape index (κ2) is 8.55. The summed E-state index contributed by atoms with van der Waals surface area (Å²) in [5.41, 5.74) is 1.01. The number of sulfonamides is 1. The van der Waals surface area contributed by atoms with Crippen molar-refractivity contribution < 1.29 is 23.1 Å². The lowest BCUT2D eigenvalue weighted by Gasteiger charge is -2.16. The summed E-state index contributed by atoms with van der Waals surface area (Å²) in [5, 5.41) is 9.36. The number of para-hydroxylation sites is 1. The van der Waals surface area contributed by atoms with Gasteiger partial charge in [-0.1, -0.05) is 48.0 Å². The van der Waals surface area contributed by atoms with Gasteiger partial charge in [-0.3, -0.25) is 4.72 Å². The Morgan fingerprint density at radius 3 is 2.45 bits per heavy atom. The first-order chi connectivity index (χ1) is 13.8. The highest BCUT2D eigenvalue weighted by Crippen LogP contribution is 2.31. The monoisotopic (exact) mass is 431 g/mol. The van der Waals surface area contributed by atoms with Crippen molar-refractivity contribution in [2.45, 2.75) is 11.3 Å². The molecule has 0 atom stereocenters. The van der Waals surface area contributed by atoms with Gasteiger partial charge in [-0.05, 0) is 47.9 Å². The topological polar surface area (TPSA) is 92.7 Å². The van der Waals surface area contributed by atoms with Crippen LogP contribution < -0.4 is 9.46 Å². The molecule has 150 valence electrons. The van der Waals surface area contributed by atoms with Crippen molar-refractivity contribution in [1.82, 2.24) is 0 Å². The normalized spacial score (nSPS) is 11.1. The highest BCUT2D eigenvalue weighted by molar-refractivity contribution is 7.92. The number of rotatable bonds is 7. The van der Waals surface area contributed by atoms with E-state index >= 15 is 0 Å². The van der Waals surface area contributed by atoms with E-state index < -0.39 is 16.0 Å². The van der Waals surface area contributed by atoms with Crippen LogP contribution in [0.1, 0.15) is 21.5 Å². The highest BCUT2D eigenvalue weighted by Gasteiger charge is 2.23. The lowest BCUT2D eigenvalue weighted by Crippen LogP contribution is -2.18. The summed E-state index contributed by atoms with van der Waals surface area (Å²) in [6.07, 6.45) is 0.350. The number of anilines is 1. The van der Waals surface area contributed by atoms with E-state index in [4.69, 9.17) is 16.3 Å². The molecule has 0 aliphatic heterocycles. The molecule has 0 aliphatic rings. The molecule has 0 radical (unpaired) electrons. The molecule has 0 amide bonds. The van der Waals surface area contributed by atoms with Crippen LogP contribution in [-0.4, -0.2) is 26.6 Å². The molecule has 0 saturated heterocycles. The molecule has 8 heteroatoms. The molecule has 0 aromatic heterocycles. The predicted molar refractivity (Wildman–Crippen MR) is 111 cm³/mol. The molecule has 0 aliphatic carbocycles. The fourth-order valence-corrected chi connectivity index (χ4v) is 4.49. The van der Waals surface area contributed by atoms with Gasteiger partial charge in [-0.15, -0.1) is 0 Å². The Morgan fingerprint density at radius 2 is 1.79 bits per heavy atom. The number of benzene rings is 3. The van der Waals surface area contributed by atoms with E-state index in [0.29, 0.717) is 17.7 Å². The molecule has 3 aromatic rings. The highest BCUT2D eigenvalue weighted by atomic mass is 35.5. The third-order valence-corrected chi connectivity index (χ3v) is 6.04. The molecule has 0 unspecified atom stereocenters. The van der Waals surface area contributed by atoms with Gasteiger partial charge >= 0.3 is 5.97 Å². The van der Waals surface area contributed by atoms with Gasteiger partial charge in [0.05, 0.1) is 28.3 Å². The number of carboxylic acid groups (broad SMARTS) is 1. The Morgan fingerprint density at radius 1 is 1.07 bits per heavy atom. The number of carbonyl (C=O) groups is 1. The molecule has 2 N–H and O–H groups in total. The van der Waals surface area contributed by atoms with E-state index in [1.165, 1.54) is 37.4 Å². The fraction of sp³-hybridized carbons (Fsp3) is 0.0952. The van der Waals surface area contributed by atoms with Crippen LogP contribution in [0.5, 0.6) is 5.75 Å². The van der Waals surface area contributed by atoms with Crippen LogP contribution in [0.25, 0.3) is 0 Å². The van der Waals surface area contributed by atoms with E-state index in [0.717, 1.165) is 5.56 Å². The summed E-state index contributed by atoms with van der Waals surface area (Å²) in [5.74, 6) is -0.775. The Bertz CT molecular complexity index is 1150. The Hall–Kier alpha value is -3.03. The van der Waals surface area contributed by atoms with Crippen molar-refractivity contribution in [3.63, 3.8) is 0 Å². The first kappa shape index (κ1) is 20.7. The molecule has 0 heterocycles. The zero-order chi connectivity index (χ0) is 21.0. The number of hydrogen-bond acceptors (Lipinski definition) is 4. The molecule has 3 rings (SSSR count). The average Bonchev–Trinajstić information content (AvgIpc) is 2.69. The molecule has 0 fully saturated rings. The second-order valence-corrected chi connectivity index (χ2v) is 8.27. The molecule has 6 nitrogen and oxygen atoms in total. The summed E-state index contributed by atoms with van der Waals surface area (Å²) in [4.78, 5) is 11.5. The van der Waals surface area contributed by atoms with Crippen molar-refractivity contribution in [2.24, 2.45) is 0 Å². The summed E-state index contributed by atoms with van der Waals surface area (Å²) >= 11 is 6.07. The van der Waals surface area contributed by atoms with Crippen molar-refractivity contribution in [3.8, 4) is 5.75 Å². The molecule has 29 heavy (non-hydrogen) atoms. The Labute approximate surface area is 173 Å². The number of ether oxygens (including phenoxy) is 1. The van der Waals surface area contributed by atoms with Gasteiger partial charge in [-0.2, -0.15) is 0 Å². The van der Waals surface area contributed by atoms with Gasteiger partial charge in [0.2, 0.25) is 0 Å². The van der Waals surface area contributed by atoms with E-state index in [1.54, 1.807) is 6.07 Å². The maximum atomic E-state index is 13.1. The molecule has 3 aromatic carbocycles. The largest absolute Gasteiger partial charge is 0.497 e. The third-order valence-electron chi connectivity index (χ3n) is 4.28. The van der Waals surface area contributed by atoms with Gasteiger partial charge in [0.1, 0.15) is 5.75 Å². The van der Waals surface area contributed by atoms with Crippen molar-refractivity contribution in [3.05, 3.63) is 88.4 Å². The first-order valence-corrected chi connectivity index (χ1v) is 10.4. The van der Waals surface area contributed by atoms with Crippen LogP contribution in [0.4, 0.5) is 5.69 Å². The van der Waals surface area contributed by atoms with E-state index in [2.05, 4.69) is 4.72 Å². The number of methoxy groups -OCH3 is 1. The lowest BCUT2D eigenvalue weighted by atomic mass is 10.0. The molecular weight excluding hydrogens is 414 g/mol. The van der Waals surface area contributed by atoms with Gasteiger partial charge in [0.25, 0.3) is 10.0 Å². The van der Waals surface area contributed by atoms with E-state index in [1.807, 2.05) is 30.3 Å². The number of nitrogens with one attached hydrogen (secondary N) is 1. The van der Waals surface area contributed by atoms with Gasteiger partial charge in [0, 0.05) is 0 Å². The molecular formula is C21H18ClNO5S. The minimum absolute atomic E-state index is 0.00778. The summed E-state index contributed by atoms with van der Waals surface area (Å²) in [6, 6.07) is 18.1. The standard InChI is InChI=1S/C21H18ClNO5S/c1-28-16-10-11-19(15(13-16)12-14-6-3-2-4-7-14)29(26,27)23-20-17(21(24)25)8-5-9-18(20)22/h2-11,13,23H,12H2,1H3,(H,24,25). The third kappa shape index (κ3) is 4.70. The van der Waals surface area contributed by atoms with Crippen molar-refractivity contribution in [2.75, 3.05) is 11.8 Å². The van der Waals surface area contributed by atoms with Gasteiger partial charge in [0.15, 0.2) is 0 Å². The quantitative estimate of drug-likeness (QED) is 0.577. The predicted octanol–water partition coefficient (Wildman–Crippen LogP) is 4.44. The molecule has 0 saturated carbocycles.